The van der Waals surface area contributed by atoms with Gasteiger partial charge in [0.15, 0.2) is 9.84 Å². The zero-order valence-corrected chi connectivity index (χ0v) is 14.2. The summed E-state index contributed by atoms with van der Waals surface area (Å²) in [5.74, 6) is 2.09. The largest absolute Gasteiger partial charge is 0.464 e. The molecule has 0 unspecified atom stereocenters. The SMILES string of the molecule is Cc1ccc(CN(C)C(=O)CCN(C)[C@@H]2CCS(=O)(=O)C2)o1. The first kappa shape index (κ1) is 17.0. The number of furan rings is 1. The minimum absolute atomic E-state index is 0.0294. The van der Waals surface area contributed by atoms with Crippen LogP contribution in [-0.4, -0.2) is 62.3 Å². The summed E-state index contributed by atoms with van der Waals surface area (Å²) in [7, 11) is 0.751. The van der Waals surface area contributed by atoms with Crippen LogP contribution >= 0.6 is 0 Å². The molecule has 2 rings (SSSR count). The van der Waals surface area contributed by atoms with Gasteiger partial charge in [-0.2, -0.15) is 0 Å². The van der Waals surface area contributed by atoms with Crippen molar-refractivity contribution >= 4 is 15.7 Å². The van der Waals surface area contributed by atoms with Gasteiger partial charge in [-0.25, -0.2) is 8.42 Å². The summed E-state index contributed by atoms with van der Waals surface area (Å²) >= 11 is 0. The van der Waals surface area contributed by atoms with E-state index in [1.165, 1.54) is 0 Å². The monoisotopic (exact) mass is 328 g/mol. The molecule has 1 aromatic rings. The summed E-state index contributed by atoms with van der Waals surface area (Å²) in [5, 5.41) is 0. The average Bonchev–Trinajstić information content (AvgIpc) is 3.01. The average molecular weight is 328 g/mol. The van der Waals surface area contributed by atoms with Gasteiger partial charge >= 0.3 is 0 Å². The van der Waals surface area contributed by atoms with E-state index in [0.29, 0.717) is 25.9 Å². The van der Waals surface area contributed by atoms with Crippen molar-refractivity contribution in [3.63, 3.8) is 0 Å². The third-order valence-corrected chi connectivity index (χ3v) is 5.88. The van der Waals surface area contributed by atoms with E-state index < -0.39 is 9.84 Å². The quantitative estimate of drug-likeness (QED) is 0.781. The highest BCUT2D eigenvalue weighted by Gasteiger charge is 2.30. The molecule has 0 radical (unpaired) electrons. The summed E-state index contributed by atoms with van der Waals surface area (Å²) in [4.78, 5) is 15.8. The molecule has 1 fully saturated rings. The Balaban J connectivity index is 1.77. The third-order valence-electron chi connectivity index (χ3n) is 4.12. The van der Waals surface area contributed by atoms with Crippen LogP contribution in [0.4, 0.5) is 0 Å². The lowest BCUT2D eigenvalue weighted by Gasteiger charge is -2.24. The number of hydrogen-bond donors (Lipinski definition) is 0. The maximum absolute atomic E-state index is 12.1. The Morgan fingerprint density at radius 3 is 2.64 bits per heavy atom. The van der Waals surface area contributed by atoms with Gasteiger partial charge in [-0.1, -0.05) is 0 Å². The van der Waals surface area contributed by atoms with E-state index in [4.69, 9.17) is 4.42 Å². The standard InChI is InChI=1S/C15H24N2O4S/c1-12-4-5-14(21-12)10-17(3)15(18)6-8-16(2)13-7-9-22(19,20)11-13/h4-5,13H,6-11H2,1-3H3/t13-/m1/s1. The molecule has 0 bridgehead atoms. The second kappa shape index (κ2) is 6.83. The first-order chi connectivity index (χ1) is 10.3. The molecule has 1 aromatic heterocycles. The molecule has 1 aliphatic rings. The molecule has 0 N–H and O–H groups in total. The van der Waals surface area contributed by atoms with Gasteiger partial charge in [0.25, 0.3) is 0 Å². The Morgan fingerprint density at radius 1 is 1.36 bits per heavy atom. The van der Waals surface area contributed by atoms with Crippen molar-refractivity contribution in [2.24, 2.45) is 0 Å². The fraction of sp³-hybridized carbons (Fsp3) is 0.667. The highest BCUT2D eigenvalue weighted by atomic mass is 32.2. The van der Waals surface area contributed by atoms with Crippen molar-refractivity contribution < 1.29 is 17.6 Å². The molecule has 124 valence electrons. The summed E-state index contributed by atoms with van der Waals surface area (Å²) in [6, 6.07) is 3.78. The topological polar surface area (TPSA) is 70.8 Å². The van der Waals surface area contributed by atoms with E-state index in [0.717, 1.165) is 11.5 Å². The molecule has 0 aromatic carbocycles. The number of sulfone groups is 1. The van der Waals surface area contributed by atoms with E-state index in [2.05, 4.69) is 0 Å². The fourth-order valence-corrected chi connectivity index (χ4v) is 4.47. The molecule has 1 atom stereocenters. The molecule has 2 heterocycles. The van der Waals surface area contributed by atoms with E-state index in [9.17, 15) is 13.2 Å². The molecule has 1 amide bonds. The Morgan fingerprint density at radius 2 is 2.09 bits per heavy atom. The number of hydrogen-bond acceptors (Lipinski definition) is 5. The summed E-state index contributed by atoms with van der Waals surface area (Å²) in [6.07, 6.45) is 1.04. The molecule has 0 spiro atoms. The van der Waals surface area contributed by atoms with Crippen LogP contribution in [0.2, 0.25) is 0 Å². The maximum atomic E-state index is 12.1. The van der Waals surface area contributed by atoms with Crippen LogP contribution < -0.4 is 0 Å². The Bertz CT molecular complexity index is 623. The Hall–Kier alpha value is -1.34. The predicted octanol–water partition coefficient (Wildman–Crippen LogP) is 1.06. The lowest BCUT2D eigenvalue weighted by atomic mass is 10.2. The van der Waals surface area contributed by atoms with Crippen LogP contribution in [0.25, 0.3) is 0 Å². The molecular formula is C15H24N2O4S. The van der Waals surface area contributed by atoms with Crippen LogP contribution in [0, 0.1) is 6.92 Å². The minimum Gasteiger partial charge on any atom is -0.464 e. The molecular weight excluding hydrogens is 304 g/mol. The molecule has 6 nitrogen and oxygen atoms in total. The van der Waals surface area contributed by atoms with Gasteiger partial charge in [-0.3, -0.25) is 4.79 Å². The summed E-state index contributed by atoms with van der Waals surface area (Å²) in [5.41, 5.74) is 0. The predicted molar refractivity (Wildman–Crippen MR) is 84.2 cm³/mol. The van der Waals surface area contributed by atoms with Crippen LogP contribution in [0.1, 0.15) is 24.4 Å². The van der Waals surface area contributed by atoms with Crippen LogP contribution in [-0.2, 0) is 21.2 Å². The second-order valence-corrected chi connectivity index (χ2v) is 8.28. The Kier molecular flexibility index (Phi) is 5.28. The second-order valence-electron chi connectivity index (χ2n) is 6.05. The number of rotatable bonds is 6. The van der Waals surface area contributed by atoms with Crippen molar-refractivity contribution in [3.05, 3.63) is 23.7 Å². The highest BCUT2D eigenvalue weighted by molar-refractivity contribution is 7.91. The minimum atomic E-state index is -2.88. The molecule has 1 aliphatic heterocycles. The third kappa shape index (κ3) is 4.58. The first-order valence-electron chi connectivity index (χ1n) is 7.47. The van der Waals surface area contributed by atoms with E-state index >= 15 is 0 Å². The zero-order chi connectivity index (χ0) is 16.3. The summed E-state index contributed by atoms with van der Waals surface area (Å²) < 4.78 is 28.4. The van der Waals surface area contributed by atoms with Crippen LogP contribution in [0.3, 0.4) is 0 Å². The van der Waals surface area contributed by atoms with Crippen molar-refractivity contribution in [1.82, 2.24) is 9.80 Å². The van der Waals surface area contributed by atoms with Crippen LogP contribution in [0.5, 0.6) is 0 Å². The first-order valence-corrected chi connectivity index (χ1v) is 9.29. The maximum Gasteiger partial charge on any atom is 0.224 e. The van der Waals surface area contributed by atoms with Crippen molar-refractivity contribution in [2.75, 3.05) is 32.1 Å². The molecule has 0 aliphatic carbocycles. The van der Waals surface area contributed by atoms with Crippen molar-refractivity contribution in [3.8, 4) is 0 Å². The van der Waals surface area contributed by atoms with Gasteiger partial charge < -0.3 is 14.2 Å². The number of carbonyl (C=O) groups excluding carboxylic acids is 1. The van der Waals surface area contributed by atoms with Crippen molar-refractivity contribution in [2.45, 2.75) is 32.4 Å². The highest BCUT2D eigenvalue weighted by Crippen LogP contribution is 2.17. The van der Waals surface area contributed by atoms with Crippen molar-refractivity contribution in [1.29, 1.82) is 0 Å². The number of amides is 1. The molecule has 7 heteroatoms. The lowest BCUT2D eigenvalue weighted by Crippen LogP contribution is -2.36. The van der Waals surface area contributed by atoms with Gasteiger partial charge in [-0.15, -0.1) is 0 Å². The van der Waals surface area contributed by atoms with E-state index in [1.807, 2.05) is 31.0 Å². The molecule has 22 heavy (non-hydrogen) atoms. The normalized spacial score (nSPS) is 20.5. The smallest absolute Gasteiger partial charge is 0.224 e. The van der Waals surface area contributed by atoms with Gasteiger partial charge in [0, 0.05) is 26.1 Å². The van der Waals surface area contributed by atoms with Crippen LogP contribution in [0.15, 0.2) is 16.5 Å². The zero-order valence-electron chi connectivity index (χ0n) is 13.4. The van der Waals surface area contributed by atoms with Gasteiger partial charge in [0.05, 0.1) is 18.1 Å². The number of aryl methyl sites for hydroxylation is 1. The number of nitrogens with zero attached hydrogens (tertiary/aromatic N) is 2. The Labute approximate surface area is 132 Å². The van der Waals surface area contributed by atoms with E-state index in [1.54, 1.807) is 11.9 Å². The number of carbonyl (C=O) groups is 1. The summed E-state index contributed by atoms with van der Waals surface area (Å²) in [6.45, 7) is 2.89. The molecule has 1 saturated heterocycles. The van der Waals surface area contributed by atoms with Gasteiger partial charge in [0.2, 0.25) is 5.91 Å². The van der Waals surface area contributed by atoms with E-state index in [-0.39, 0.29) is 23.5 Å². The fourth-order valence-electron chi connectivity index (χ4n) is 2.66. The lowest BCUT2D eigenvalue weighted by molar-refractivity contribution is -0.131. The van der Waals surface area contributed by atoms with Gasteiger partial charge in [-0.05, 0) is 32.5 Å². The molecule has 0 saturated carbocycles. The van der Waals surface area contributed by atoms with Gasteiger partial charge in [0.1, 0.15) is 11.5 Å².